The predicted octanol–water partition coefficient (Wildman–Crippen LogP) is 0.0147. The van der Waals surface area contributed by atoms with Crippen molar-refractivity contribution in [2.75, 3.05) is 14.2 Å². The number of carbonyl (C=O) groups excluding carboxylic acids is 2. The highest BCUT2D eigenvalue weighted by Crippen LogP contribution is 2.47. The monoisotopic (exact) mass is 1080 g/mol. The molecule has 10 N–H and O–H groups in total. The highest BCUT2D eigenvalue weighted by atomic mass is 16.7. The van der Waals surface area contributed by atoms with E-state index in [0.29, 0.717) is 0 Å². The van der Waals surface area contributed by atoms with Crippen LogP contribution in [0, 0.1) is 12.8 Å². The van der Waals surface area contributed by atoms with E-state index in [4.69, 9.17) is 56.8 Å². The topological polar surface area (TPSA) is 347 Å². The van der Waals surface area contributed by atoms with Crippen LogP contribution in [-0.4, -0.2) is 224 Å². The summed E-state index contributed by atoms with van der Waals surface area (Å²) in [4.78, 5) is 28.9. The standard InChI is InChI=1S/C52H76O24/c1-18-29(72-36-15-31(45(59)22(5)69-36)73-34-13-28(54)43(57)20(3)67-34)12-26-10-25-11-27(51(66-9)50(64)42(56)19(2)53)52(49(63)40(25)48(62)39(26)41(18)55)76-38-17-33(47(61)24(7)71-38)75-37-16-32(46(60)23(6)70-37)74-35-14-30(65-8)44(58)21(4)68-35/h10,12,19-24,27-28,30-38,42-47,51-62H,11,13-17H2,1-9H3/t19-,20?,21?,22?,23?,24?,27+,28-,30?,31-,32-,33-,34+,35+,36+,37+,38+,42+,43-,44+,45-,46+,47-,51?,52+/m1/s1. The summed E-state index contributed by atoms with van der Waals surface area (Å²) in [6.45, 7) is 10.8. The molecule has 5 saturated heterocycles. The van der Waals surface area contributed by atoms with Crippen molar-refractivity contribution < 1.29 is 117 Å². The van der Waals surface area contributed by atoms with Crippen LogP contribution in [0.15, 0.2) is 12.1 Å². The maximum absolute atomic E-state index is 15.0. The molecule has 1 aliphatic carbocycles. The van der Waals surface area contributed by atoms with E-state index in [9.17, 15) is 55.9 Å². The van der Waals surface area contributed by atoms with Gasteiger partial charge in [-0.05, 0) is 78.0 Å². The van der Waals surface area contributed by atoms with Gasteiger partial charge in [0.05, 0.1) is 78.1 Å². The summed E-state index contributed by atoms with van der Waals surface area (Å²) in [5, 5.41) is 110. The summed E-state index contributed by atoms with van der Waals surface area (Å²) in [5.41, 5.74) is 0.0895. The first kappa shape index (κ1) is 58.8. The maximum atomic E-state index is 15.0. The lowest BCUT2D eigenvalue weighted by atomic mass is 9.75. The summed E-state index contributed by atoms with van der Waals surface area (Å²) < 4.78 is 72.2. The van der Waals surface area contributed by atoms with Gasteiger partial charge in [-0.3, -0.25) is 9.59 Å². The molecule has 0 radical (unpaired) electrons. The number of aliphatic hydroxyl groups is 8. The summed E-state index contributed by atoms with van der Waals surface area (Å²) in [6.07, 6.45) is -26.3. The van der Waals surface area contributed by atoms with E-state index < -0.39 is 176 Å². The average molecular weight is 1090 g/mol. The number of aliphatic hydroxyl groups excluding tert-OH is 8. The first-order valence-corrected chi connectivity index (χ1v) is 26.1. The van der Waals surface area contributed by atoms with Gasteiger partial charge in [-0.15, -0.1) is 0 Å². The van der Waals surface area contributed by atoms with Crippen LogP contribution in [-0.2, 0) is 63.3 Å². The molecule has 0 spiro atoms. The first-order valence-electron chi connectivity index (χ1n) is 26.1. The third-order valence-electron chi connectivity index (χ3n) is 15.8. The molecule has 7 unspecified atom stereocenters. The zero-order valence-corrected chi connectivity index (χ0v) is 44.0. The Bertz CT molecular complexity index is 2320. The molecule has 2 aromatic carbocycles. The second kappa shape index (κ2) is 24.2. The van der Waals surface area contributed by atoms with E-state index in [1.54, 1.807) is 34.6 Å². The summed E-state index contributed by atoms with van der Waals surface area (Å²) in [5.74, 6) is -4.02. The van der Waals surface area contributed by atoms with Crippen molar-refractivity contribution in [3.63, 3.8) is 0 Å². The Kier molecular flexibility index (Phi) is 18.7. The van der Waals surface area contributed by atoms with Gasteiger partial charge >= 0.3 is 0 Å². The van der Waals surface area contributed by atoms with E-state index in [0.717, 1.165) is 0 Å². The SMILES string of the molecule is COC1C[C@H](O[C@@H]2C[C@H](O[C@@H]3C[C@H](O[C@@H]4C(=O)c5c(cc6cc(O[C@H]7C[C@@H](O[C@H]8C[C@@H](O)[C@H](O)C(C)O8)[C@H](O)C(C)O7)c(C)c(O)c6c5O)C[C@H]4C(OC)C(=O)[C@@H](O)[C@@H](C)O)OC(C)[C@H]3O)OC(C)[C@@H]2O)OC(C)[C@@H]1O. The lowest BCUT2D eigenvalue weighted by molar-refractivity contribution is -0.329. The summed E-state index contributed by atoms with van der Waals surface area (Å²) in [7, 11) is 2.66. The van der Waals surface area contributed by atoms with Crippen molar-refractivity contribution in [2.45, 2.75) is 234 Å². The molecular formula is C52H76O24. The van der Waals surface area contributed by atoms with Gasteiger partial charge in [0, 0.05) is 57.8 Å². The van der Waals surface area contributed by atoms with E-state index >= 15 is 4.79 Å². The highest BCUT2D eigenvalue weighted by Gasteiger charge is 2.51. The van der Waals surface area contributed by atoms with Gasteiger partial charge in [0.15, 0.2) is 36.7 Å². The Balaban J connectivity index is 1.04. The number of benzene rings is 2. The molecule has 428 valence electrons. The Morgan fingerprint density at radius 2 is 1.07 bits per heavy atom. The van der Waals surface area contributed by atoms with Crippen LogP contribution in [0.1, 0.15) is 95.1 Å². The molecule has 2 aromatic rings. The quantitative estimate of drug-likeness (QED) is 0.106. The second-order valence-electron chi connectivity index (χ2n) is 21.2. The Labute approximate surface area is 439 Å². The molecule has 24 heteroatoms. The lowest BCUT2D eigenvalue weighted by Gasteiger charge is -2.45. The number of phenols is 2. The third-order valence-corrected chi connectivity index (χ3v) is 15.8. The van der Waals surface area contributed by atoms with Crippen LogP contribution in [0.3, 0.4) is 0 Å². The number of hydrogen-bond donors (Lipinski definition) is 10. The molecule has 0 amide bonds. The fourth-order valence-electron chi connectivity index (χ4n) is 11.3. The zero-order valence-electron chi connectivity index (χ0n) is 44.0. The fourth-order valence-corrected chi connectivity index (χ4v) is 11.3. The van der Waals surface area contributed by atoms with Crippen LogP contribution < -0.4 is 4.74 Å². The normalized spacial score (nSPS) is 41.5. The van der Waals surface area contributed by atoms with Crippen LogP contribution in [0.5, 0.6) is 17.2 Å². The summed E-state index contributed by atoms with van der Waals surface area (Å²) >= 11 is 0. The molecule has 25 atom stereocenters. The molecule has 76 heavy (non-hydrogen) atoms. The van der Waals surface area contributed by atoms with Gasteiger partial charge in [0.1, 0.15) is 66.1 Å². The van der Waals surface area contributed by atoms with Gasteiger partial charge in [-0.25, -0.2) is 0 Å². The molecular weight excluding hydrogens is 1010 g/mol. The van der Waals surface area contributed by atoms with Crippen molar-refractivity contribution in [1.82, 2.24) is 0 Å². The number of aromatic hydroxyl groups is 2. The van der Waals surface area contributed by atoms with Crippen molar-refractivity contribution >= 4 is 22.3 Å². The van der Waals surface area contributed by atoms with Crippen LogP contribution >= 0.6 is 0 Å². The molecule has 6 aliphatic rings. The van der Waals surface area contributed by atoms with E-state index in [1.807, 2.05) is 0 Å². The van der Waals surface area contributed by atoms with Gasteiger partial charge < -0.3 is 108 Å². The van der Waals surface area contributed by atoms with Gasteiger partial charge in [-0.1, -0.05) is 0 Å². The Morgan fingerprint density at radius 1 is 0.618 bits per heavy atom. The third kappa shape index (κ3) is 12.1. The molecule has 5 fully saturated rings. The number of rotatable bonds is 16. The first-order chi connectivity index (χ1) is 35.9. The Hall–Kier alpha value is -3.32. The molecule has 0 aromatic heterocycles. The second-order valence-corrected chi connectivity index (χ2v) is 21.2. The van der Waals surface area contributed by atoms with E-state index in [-0.39, 0.29) is 71.7 Å². The minimum Gasteiger partial charge on any atom is -0.507 e. The Morgan fingerprint density at radius 3 is 1.55 bits per heavy atom. The van der Waals surface area contributed by atoms with Gasteiger partial charge in [-0.2, -0.15) is 0 Å². The molecule has 0 saturated carbocycles. The minimum absolute atomic E-state index is 0.0113. The van der Waals surface area contributed by atoms with Gasteiger partial charge in [0.25, 0.3) is 0 Å². The van der Waals surface area contributed by atoms with E-state index in [2.05, 4.69) is 0 Å². The number of fused-ring (bicyclic) bond motifs is 2. The van der Waals surface area contributed by atoms with Crippen molar-refractivity contribution in [1.29, 1.82) is 0 Å². The van der Waals surface area contributed by atoms with E-state index in [1.165, 1.54) is 40.2 Å². The number of Topliss-reactive ketones (excluding diaryl/α,β-unsaturated/α-hetero) is 2. The smallest absolute Gasteiger partial charge is 0.202 e. The fraction of sp³-hybridized carbons (Fsp3) is 0.769. The summed E-state index contributed by atoms with van der Waals surface area (Å²) in [6, 6.07) is 3.04. The largest absolute Gasteiger partial charge is 0.507 e. The zero-order chi connectivity index (χ0) is 55.3. The molecule has 8 rings (SSSR count). The molecule has 24 nitrogen and oxygen atoms in total. The lowest BCUT2D eigenvalue weighted by Crippen LogP contribution is -2.57. The predicted molar refractivity (Wildman–Crippen MR) is 259 cm³/mol. The molecule has 0 bridgehead atoms. The number of carbonyl (C=O) groups is 2. The number of ketones is 2. The average Bonchev–Trinajstić information content (AvgIpc) is 3.40. The number of ether oxygens (including phenoxy) is 12. The van der Waals surface area contributed by atoms with Crippen LogP contribution in [0.25, 0.3) is 10.8 Å². The molecule has 5 aliphatic heterocycles. The van der Waals surface area contributed by atoms with Crippen molar-refractivity contribution in [3.05, 3.63) is 28.8 Å². The van der Waals surface area contributed by atoms with Crippen molar-refractivity contribution in [3.8, 4) is 17.2 Å². The number of methoxy groups -OCH3 is 2. The van der Waals surface area contributed by atoms with Crippen LogP contribution in [0.4, 0.5) is 0 Å². The molecule has 5 heterocycles. The maximum Gasteiger partial charge on any atom is 0.202 e. The van der Waals surface area contributed by atoms with Gasteiger partial charge in [0.2, 0.25) is 6.29 Å². The minimum atomic E-state index is -1.94. The highest BCUT2D eigenvalue weighted by molar-refractivity contribution is 6.11. The van der Waals surface area contributed by atoms with Crippen molar-refractivity contribution in [2.24, 2.45) is 5.92 Å². The van der Waals surface area contributed by atoms with Crippen LogP contribution in [0.2, 0.25) is 0 Å². The number of phenolic OH excluding ortho intramolecular Hbond substituents is 2. The number of hydrogen-bond acceptors (Lipinski definition) is 24.